The SMILES string of the molecule is C=Cc1cc(F)c(C2c3ccc(NC)cc3C[C@@H](C)N2CC(C)(C)F)c(F)c1. The molecule has 2 aromatic rings. The lowest BCUT2D eigenvalue weighted by Crippen LogP contribution is -2.48. The number of halogens is 3. The summed E-state index contributed by atoms with van der Waals surface area (Å²) >= 11 is 0. The molecule has 0 spiro atoms. The predicted molar refractivity (Wildman–Crippen MR) is 109 cm³/mol. The molecule has 0 radical (unpaired) electrons. The van der Waals surface area contributed by atoms with Crippen LogP contribution in [0.3, 0.4) is 0 Å². The van der Waals surface area contributed by atoms with Crippen molar-refractivity contribution in [1.82, 2.24) is 4.90 Å². The predicted octanol–water partition coefficient (Wildman–Crippen LogP) is 5.73. The average Bonchev–Trinajstić information content (AvgIpc) is 2.61. The number of benzene rings is 2. The van der Waals surface area contributed by atoms with Crippen molar-refractivity contribution in [1.29, 1.82) is 0 Å². The van der Waals surface area contributed by atoms with Gasteiger partial charge in [0.05, 0.1) is 6.04 Å². The van der Waals surface area contributed by atoms with Crippen LogP contribution in [-0.4, -0.2) is 30.2 Å². The van der Waals surface area contributed by atoms with Gasteiger partial charge in [-0.15, -0.1) is 0 Å². The lowest BCUT2D eigenvalue weighted by atomic mass is 9.83. The van der Waals surface area contributed by atoms with Crippen LogP contribution in [0.15, 0.2) is 36.9 Å². The smallest absolute Gasteiger partial charge is 0.131 e. The summed E-state index contributed by atoms with van der Waals surface area (Å²) in [6.45, 7) is 8.62. The number of anilines is 1. The van der Waals surface area contributed by atoms with Gasteiger partial charge in [-0.25, -0.2) is 13.2 Å². The van der Waals surface area contributed by atoms with Crippen molar-refractivity contribution in [3.05, 3.63) is 70.8 Å². The molecule has 0 aromatic heterocycles. The maximum Gasteiger partial charge on any atom is 0.131 e. The molecule has 2 atom stereocenters. The monoisotopic (exact) mass is 388 g/mol. The van der Waals surface area contributed by atoms with E-state index in [-0.39, 0.29) is 18.2 Å². The Morgan fingerprint density at radius 1 is 1.21 bits per heavy atom. The van der Waals surface area contributed by atoms with Gasteiger partial charge < -0.3 is 5.32 Å². The van der Waals surface area contributed by atoms with E-state index in [1.807, 2.05) is 37.1 Å². The first-order valence-corrected chi connectivity index (χ1v) is 9.51. The van der Waals surface area contributed by atoms with Gasteiger partial charge in [0.25, 0.3) is 0 Å². The highest BCUT2D eigenvalue weighted by atomic mass is 19.1. The second kappa shape index (κ2) is 7.63. The summed E-state index contributed by atoms with van der Waals surface area (Å²) in [5.74, 6) is -1.28. The zero-order chi connectivity index (χ0) is 20.6. The van der Waals surface area contributed by atoms with Crippen LogP contribution >= 0.6 is 0 Å². The molecular weight excluding hydrogens is 361 g/mol. The number of nitrogens with zero attached hydrogens (tertiary/aromatic N) is 1. The molecule has 0 aliphatic carbocycles. The van der Waals surface area contributed by atoms with Crippen molar-refractivity contribution in [3.8, 4) is 0 Å². The van der Waals surface area contributed by atoms with Gasteiger partial charge in [0.2, 0.25) is 0 Å². The van der Waals surface area contributed by atoms with Crippen molar-refractivity contribution in [2.24, 2.45) is 0 Å². The van der Waals surface area contributed by atoms with Crippen LogP contribution in [0.5, 0.6) is 0 Å². The quantitative estimate of drug-likeness (QED) is 0.703. The summed E-state index contributed by atoms with van der Waals surface area (Å²) in [5, 5.41) is 3.10. The number of hydrogen-bond acceptors (Lipinski definition) is 2. The molecule has 150 valence electrons. The minimum atomic E-state index is -1.50. The molecule has 1 N–H and O–H groups in total. The molecule has 0 saturated carbocycles. The fraction of sp³-hybridized carbons (Fsp3) is 0.391. The third kappa shape index (κ3) is 3.95. The third-order valence-corrected chi connectivity index (χ3v) is 5.31. The van der Waals surface area contributed by atoms with Gasteiger partial charge in [-0.1, -0.05) is 18.7 Å². The highest BCUT2D eigenvalue weighted by Gasteiger charge is 2.39. The molecule has 28 heavy (non-hydrogen) atoms. The van der Waals surface area contributed by atoms with Crippen LogP contribution in [-0.2, 0) is 6.42 Å². The summed E-state index contributed by atoms with van der Waals surface area (Å²) in [7, 11) is 1.83. The molecule has 1 unspecified atom stereocenters. The Kier molecular flexibility index (Phi) is 5.57. The molecule has 2 aromatic carbocycles. The first kappa shape index (κ1) is 20.5. The Hall–Kier alpha value is -2.27. The number of alkyl halides is 1. The summed E-state index contributed by atoms with van der Waals surface area (Å²) in [5.41, 5.74) is 1.61. The minimum Gasteiger partial charge on any atom is -0.388 e. The Bertz CT molecular complexity index is 863. The number of fused-ring (bicyclic) bond motifs is 1. The standard InChI is InChI=1S/C23H27F3N2/c1-6-15-10-19(24)21(20(25)11-15)22-18-8-7-17(27-5)12-16(18)9-14(2)28(22)13-23(3,4)26/h6-8,10-12,14,22,27H,1,9,13H2,2-5H3/t14-,22?/m1/s1. The van der Waals surface area contributed by atoms with E-state index < -0.39 is 23.3 Å². The van der Waals surface area contributed by atoms with Crippen molar-refractivity contribution in [2.75, 3.05) is 18.9 Å². The third-order valence-electron chi connectivity index (χ3n) is 5.31. The average molecular weight is 388 g/mol. The molecule has 5 heteroatoms. The van der Waals surface area contributed by atoms with E-state index in [4.69, 9.17) is 0 Å². The van der Waals surface area contributed by atoms with E-state index in [0.717, 1.165) is 16.8 Å². The van der Waals surface area contributed by atoms with E-state index >= 15 is 8.78 Å². The summed E-state index contributed by atoms with van der Waals surface area (Å²) in [6, 6.07) is 7.57. The van der Waals surface area contributed by atoms with Crippen molar-refractivity contribution in [2.45, 2.75) is 44.9 Å². The summed E-state index contributed by atoms with van der Waals surface area (Å²) < 4.78 is 44.7. The Morgan fingerprint density at radius 2 is 1.86 bits per heavy atom. The topological polar surface area (TPSA) is 15.3 Å². The normalized spacial score (nSPS) is 20.0. The molecule has 1 heterocycles. The second-order valence-electron chi connectivity index (χ2n) is 8.11. The largest absolute Gasteiger partial charge is 0.388 e. The van der Waals surface area contributed by atoms with Gasteiger partial charge in [0.1, 0.15) is 17.3 Å². The van der Waals surface area contributed by atoms with E-state index in [9.17, 15) is 4.39 Å². The highest BCUT2D eigenvalue weighted by molar-refractivity contribution is 5.54. The highest BCUT2D eigenvalue weighted by Crippen LogP contribution is 2.42. The molecule has 1 aliphatic rings. The number of rotatable bonds is 5. The van der Waals surface area contributed by atoms with Crippen LogP contribution in [0, 0.1) is 11.6 Å². The van der Waals surface area contributed by atoms with Gasteiger partial charge in [0, 0.05) is 30.9 Å². The summed E-state index contributed by atoms with van der Waals surface area (Å²) in [6.07, 6.45) is 2.10. The van der Waals surface area contributed by atoms with Gasteiger partial charge in [0.15, 0.2) is 0 Å². The van der Waals surface area contributed by atoms with Gasteiger partial charge >= 0.3 is 0 Å². The van der Waals surface area contributed by atoms with Crippen LogP contribution in [0.25, 0.3) is 6.08 Å². The maximum atomic E-state index is 15.0. The van der Waals surface area contributed by atoms with E-state index in [0.29, 0.717) is 12.0 Å². The molecule has 1 aliphatic heterocycles. The fourth-order valence-electron chi connectivity index (χ4n) is 4.06. The molecule has 0 bridgehead atoms. The fourth-order valence-corrected chi connectivity index (χ4v) is 4.06. The first-order chi connectivity index (χ1) is 13.1. The van der Waals surface area contributed by atoms with E-state index in [2.05, 4.69) is 11.9 Å². The van der Waals surface area contributed by atoms with Gasteiger partial charge in [-0.05, 0) is 68.1 Å². The summed E-state index contributed by atoms with van der Waals surface area (Å²) in [4.78, 5) is 1.87. The molecule has 0 amide bonds. The van der Waals surface area contributed by atoms with Crippen molar-refractivity contribution >= 4 is 11.8 Å². The van der Waals surface area contributed by atoms with E-state index in [1.165, 1.54) is 32.1 Å². The Balaban J connectivity index is 2.22. The molecule has 0 saturated heterocycles. The van der Waals surface area contributed by atoms with Gasteiger partial charge in [-0.3, -0.25) is 4.90 Å². The Labute approximate surface area is 165 Å². The van der Waals surface area contributed by atoms with Crippen molar-refractivity contribution < 1.29 is 13.2 Å². The molecule has 0 fully saturated rings. The number of nitrogens with one attached hydrogen (secondary N) is 1. The van der Waals surface area contributed by atoms with Crippen LogP contribution < -0.4 is 5.32 Å². The lowest BCUT2D eigenvalue weighted by molar-refractivity contribution is 0.0653. The number of hydrogen-bond donors (Lipinski definition) is 1. The maximum absolute atomic E-state index is 15.0. The molecule has 2 nitrogen and oxygen atoms in total. The Morgan fingerprint density at radius 3 is 2.39 bits per heavy atom. The zero-order valence-corrected chi connectivity index (χ0v) is 16.8. The molecular formula is C23H27F3N2. The second-order valence-corrected chi connectivity index (χ2v) is 8.11. The van der Waals surface area contributed by atoms with Crippen LogP contribution in [0.2, 0.25) is 0 Å². The molecule has 3 rings (SSSR count). The van der Waals surface area contributed by atoms with Gasteiger partial charge in [-0.2, -0.15) is 0 Å². The van der Waals surface area contributed by atoms with E-state index in [1.54, 1.807) is 0 Å². The van der Waals surface area contributed by atoms with Crippen molar-refractivity contribution in [3.63, 3.8) is 0 Å². The lowest BCUT2D eigenvalue weighted by Gasteiger charge is -2.44. The zero-order valence-electron chi connectivity index (χ0n) is 16.8. The minimum absolute atomic E-state index is 0.0418. The van der Waals surface area contributed by atoms with Crippen LogP contribution in [0.4, 0.5) is 18.9 Å². The first-order valence-electron chi connectivity index (χ1n) is 9.51. The van der Waals surface area contributed by atoms with Crippen LogP contribution in [0.1, 0.15) is 49.1 Å².